The second-order valence-corrected chi connectivity index (χ2v) is 6.95. The van der Waals surface area contributed by atoms with Crippen molar-refractivity contribution in [1.29, 1.82) is 0 Å². The number of amides is 1. The van der Waals surface area contributed by atoms with Crippen LogP contribution in [0.2, 0.25) is 4.34 Å². The Morgan fingerprint density at radius 2 is 2.11 bits per heavy atom. The fraction of sp³-hybridized carbons (Fsp3) is 0.538. The van der Waals surface area contributed by atoms with E-state index < -0.39 is 5.54 Å². The highest BCUT2D eigenvalue weighted by Gasteiger charge is 2.41. The molecule has 0 bridgehead atoms. The van der Waals surface area contributed by atoms with Crippen molar-refractivity contribution >= 4 is 34.6 Å². The van der Waals surface area contributed by atoms with Gasteiger partial charge in [0.05, 0.1) is 21.3 Å². The summed E-state index contributed by atoms with van der Waals surface area (Å²) in [7, 11) is 1.79. The number of thiophene rings is 1. The maximum absolute atomic E-state index is 12.2. The van der Waals surface area contributed by atoms with Gasteiger partial charge in [0.2, 0.25) is 5.91 Å². The van der Waals surface area contributed by atoms with Gasteiger partial charge in [-0.3, -0.25) is 14.5 Å². The summed E-state index contributed by atoms with van der Waals surface area (Å²) in [6.07, 6.45) is 0. The highest BCUT2D eigenvalue weighted by molar-refractivity contribution is 7.18. The zero-order valence-corrected chi connectivity index (χ0v) is 12.8. The molecule has 0 aromatic carbocycles. The highest BCUT2D eigenvalue weighted by atomic mass is 35.5. The van der Waals surface area contributed by atoms with Crippen molar-refractivity contribution in [3.63, 3.8) is 0 Å². The van der Waals surface area contributed by atoms with Crippen molar-refractivity contribution in [3.8, 4) is 0 Å². The quantitative estimate of drug-likeness (QED) is 0.803. The van der Waals surface area contributed by atoms with Gasteiger partial charge in [0.15, 0.2) is 5.78 Å². The van der Waals surface area contributed by atoms with Gasteiger partial charge < -0.3 is 4.90 Å². The SMILES string of the molecule is CN1CCN(CC(=O)c2ccc(Cl)s2)C(C)(C)C1=O. The van der Waals surface area contributed by atoms with Gasteiger partial charge >= 0.3 is 0 Å². The average Bonchev–Trinajstić information content (AvgIpc) is 2.77. The monoisotopic (exact) mass is 300 g/mol. The van der Waals surface area contributed by atoms with Crippen LogP contribution < -0.4 is 0 Å². The third-order valence-electron chi connectivity index (χ3n) is 3.55. The van der Waals surface area contributed by atoms with Crippen LogP contribution in [-0.2, 0) is 4.79 Å². The van der Waals surface area contributed by atoms with Gasteiger partial charge in [0.25, 0.3) is 0 Å². The van der Waals surface area contributed by atoms with E-state index in [0.29, 0.717) is 22.3 Å². The average molecular weight is 301 g/mol. The van der Waals surface area contributed by atoms with E-state index in [0.717, 1.165) is 0 Å². The first-order valence-corrected chi connectivity index (χ1v) is 7.31. The summed E-state index contributed by atoms with van der Waals surface area (Å²) < 4.78 is 0.608. The lowest BCUT2D eigenvalue weighted by molar-refractivity contribution is -0.146. The van der Waals surface area contributed by atoms with E-state index in [2.05, 4.69) is 0 Å². The molecule has 1 saturated heterocycles. The summed E-state index contributed by atoms with van der Waals surface area (Å²) in [4.78, 5) is 28.6. The first-order chi connectivity index (χ1) is 8.82. The lowest BCUT2D eigenvalue weighted by atomic mass is 9.97. The molecule has 0 saturated carbocycles. The lowest BCUT2D eigenvalue weighted by Gasteiger charge is -2.44. The maximum Gasteiger partial charge on any atom is 0.242 e. The van der Waals surface area contributed by atoms with E-state index in [1.54, 1.807) is 24.1 Å². The molecule has 1 fully saturated rings. The first-order valence-electron chi connectivity index (χ1n) is 6.11. The van der Waals surface area contributed by atoms with Crippen molar-refractivity contribution in [2.45, 2.75) is 19.4 Å². The Morgan fingerprint density at radius 3 is 2.68 bits per heavy atom. The molecule has 1 aliphatic heterocycles. The summed E-state index contributed by atoms with van der Waals surface area (Å²) in [5.41, 5.74) is -0.635. The summed E-state index contributed by atoms with van der Waals surface area (Å²) >= 11 is 7.12. The van der Waals surface area contributed by atoms with Crippen molar-refractivity contribution in [2.75, 3.05) is 26.7 Å². The Hall–Kier alpha value is -0.910. The molecule has 2 heterocycles. The number of Topliss-reactive ketones (excluding diaryl/α,β-unsaturated/α-hetero) is 1. The summed E-state index contributed by atoms with van der Waals surface area (Å²) in [5, 5.41) is 0. The lowest BCUT2D eigenvalue weighted by Crippen LogP contribution is -2.62. The van der Waals surface area contributed by atoms with E-state index in [1.165, 1.54) is 11.3 Å². The van der Waals surface area contributed by atoms with Crippen LogP contribution in [0.25, 0.3) is 0 Å². The van der Waals surface area contributed by atoms with Crippen LogP contribution in [0.15, 0.2) is 12.1 Å². The Morgan fingerprint density at radius 1 is 1.42 bits per heavy atom. The van der Waals surface area contributed by atoms with Gasteiger partial charge in [-0.15, -0.1) is 11.3 Å². The maximum atomic E-state index is 12.2. The van der Waals surface area contributed by atoms with Gasteiger partial charge in [-0.1, -0.05) is 11.6 Å². The molecule has 0 spiro atoms. The number of piperazine rings is 1. The molecular weight excluding hydrogens is 284 g/mol. The van der Waals surface area contributed by atoms with Crippen molar-refractivity contribution in [2.24, 2.45) is 0 Å². The standard InChI is InChI=1S/C13H17ClN2O2S/c1-13(2)12(18)15(3)6-7-16(13)8-9(17)10-4-5-11(14)19-10/h4-5H,6-8H2,1-3H3. The second kappa shape index (κ2) is 5.23. The van der Waals surface area contributed by atoms with Gasteiger partial charge in [0, 0.05) is 20.1 Å². The number of rotatable bonds is 3. The molecule has 1 aromatic heterocycles. The molecule has 4 nitrogen and oxygen atoms in total. The van der Waals surface area contributed by atoms with Gasteiger partial charge in [-0.2, -0.15) is 0 Å². The van der Waals surface area contributed by atoms with Crippen LogP contribution in [0, 0.1) is 0 Å². The second-order valence-electron chi connectivity index (χ2n) is 5.23. The summed E-state index contributed by atoms with van der Waals surface area (Å²) in [5.74, 6) is 0.0677. The van der Waals surface area contributed by atoms with Crippen molar-refractivity contribution in [3.05, 3.63) is 21.3 Å². The normalized spacial score (nSPS) is 19.8. The molecule has 6 heteroatoms. The van der Waals surface area contributed by atoms with Crippen LogP contribution in [0.3, 0.4) is 0 Å². The van der Waals surface area contributed by atoms with Crippen LogP contribution in [0.1, 0.15) is 23.5 Å². The summed E-state index contributed by atoms with van der Waals surface area (Å²) in [6.45, 7) is 5.34. The van der Waals surface area contributed by atoms with Crippen molar-refractivity contribution < 1.29 is 9.59 Å². The van der Waals surface area contributed by atoms with E-state index >= 15 is 0 Å². The fourth-order valence-electron chi connectivity index (χ4n) is 2.25. The molecule has 0 aliphatic carbocycles. The van der Waals surface area contributed by atoms with Crippen LogP contribution in [0.4, 0.5) is 0 Å². The zero-order valence-electron chi connectivity index (χ0n) is 11.3. The minimum Gasteiger partial charge on any atom is -0.343 e. The molecule has 0 atom stereocenters. The fourth-order valence-corrected chi connectivity index (χ4v) is 3.22. The number of hydrogen-bond donors (Lipinski definition) is 0. The predicted octanol–water partition coefficient (Wildman–Crippen LogP) is 2.14. The first kappa shape index (κ1) is 14.5. The third kappa shape index (κ3) is 2.83. The van der Waals surface area contributed by atoms with E-state index in [9.17, 15) is 9.59 Å². The Balaban J connectivity index is 2.10. The number of nitrogens with zero attached hydrogens (tertiary/aromatic N) is 2. The number of carbonyl (C=O) groups excluding carboxylic acids is 2. The Kier molecular flexibility index (Phi) is 3.99. The Labute approximate surface area is 121 Å². The number of halogens is 1. The van der Waals surface area contributed by atoms with Gasteiger partial charge in [-0.05, 0) is 26.0 Å². The largest absolute Gasteiger partial charge is 0.343 e. The van der Waals surface area contributed by atoms with Gasteiger partial charge in [0.1, 0.15) is 0 Å². The van der Waals surface area contributed by atoms with E-state index in [4.69, 9.17) is 11.6 Å². The topological polar surface area (TPSA) is 40.6 Å². The molecule has 0 N–H and O–H groups in total. The number of likely N-dealkylation sites (N-methyl/N-ethyl adjacent to an activating group) is 1. The molecule has 1 aliphatic rings. The minimum absolute atomic E-state index is 0.0160. The van der Waals surface area contributed by atoms with E-state index in [1.807, 2.05) is 18.7 Å². The van der Waals surface area contributed by atoms with Crippen molar-refractivity contribution in [1.82, 2.24) is 9.80 Å². The molecule has 0 unspecified atom stereocenters. The zero-order chi connectivity index (χ0) is 14.2. The molecule has 0 radical (unpaired) electrons. The van der Waals surface area contributed by atoms with Crippen LogP contribution in [-0.4, -0.2) is 53.7 Å². The molecule has 1 amide bonds. The Bertz CT molecular complexity index is 512. The predicted molar refractivity (Wildman–Crippen MR) is 76.9 cm³/mol. The number of carbonyl (C=O) groups is 2. The van der Waals surface area contributed by atoms with Gasteiger partial charge in [-0.25, -0.2) is 0 Å². The van der Waals surface area contributed by atoms with E-state index in [-0.39, 0.29) is 18.2 Å². The van der Waals surface area contributed by atoms with Crippen LogP contribution >= 0.6 is 22.9 Å². The summed E-state index contributed by atoms with van der Waals surface area (Å²) in [6, 6.07) is 3.46. The number of ketones is 1. The minimum atomic E-state index is -0.635. The molecule has 2 rings (SSSR count). The van der Waals surface area contributed by atoms with Crippen LogP contribution in [0.5, 0.6) is 0 Å². The highest BCUT2D eigenvalue weighted by Crippen LogP contribution is 2.25. The third-order valence-corrected chi connectivity index (χ3v) is 4.82. The molecular formula is C13H17ClN2O2S. The smallest absolute Gasteiger partial charge is 0.242 e. The number of hydrogen-bond acceptors (Lipinski definition) is 4. The molecule has 104 valence electrons. The molecule has 19 heavy (non-hydrogen) atoms. The molecule has 1 aromatic rings.